The van der Waals surface area contributed by atoms with E-state index < -0.39 is 5.97 Å². The van der Waals surface area contributed by atoms with Crippen LogP contribution < -0.4 is 5.32 Å². The number of rotatable bonds is 5. The number of carboxylic acids is 1. The first-order valence-corrected chi connectivity index (χ1v) is 5.71. The van der Waals surface area contributed by atoms with E-state index in [0.29, 0.717) is 6.54 Å². The Morgan fingerprint density at radius 2 is 2.00 bits per heavy atom. The molecule has 0 radical (unpaired) electrons. The van der Waals surface area contributed by atoms with Crippen molar-refractivity contribution in [3.8, 4) is 0 Å². The smallest absolute Gasteiger partial charge is 0.332 e. The number of hydrogen-bond acceptors (Lipinski definition) is 2. The van der Waals surface area contributed by atoms with Crippen LogP contribution in [0, 0.1) is 11.8 Å². The Balaban J connectivity index is 2.10. The van der Waals surface area contributed by atoms with Gasteiger partial charge in [-0.3, -0.25) is 0 Å². The van der Waals surface area contributed by atoms with Crippen LogP contribution in [0.3, 0.4) is 0 Å². The van der Waals surface area contributed by atoms with Gasteiger partial charge in [0.2, 0.25) is 0 Å². The highest BCUT2D eigenvalue weighted by molar-refractivity contribution is 5.86. The Morgan fingerprint density at radius 1 is 1.40 bits per heavy atom. The molecular formula is C12H21NO2. The second-order valence-electron chi connectivity index (χ2n) is 4.67. The molecule has 0 amide bonds. The molecular weight excluding hydrogens is 190 g/mol. The van der Waals surface area contributed by atoms with Crippen molar-refractivity contribution in [2.24, 2.45) is 11.8 Å². The van der Waals surface area contributed by atoms with Crippen LogP contribution in [0.1, 0.15) is 32.6 Å². The Labute approximate surface area is 91.6 Å². The molecule has 3 heteroatoms. The third-order valence-electron chi connectivity index (χ3n) is 3.21. The lowest BCUT2D eigenvalue weighted by atomic mass is 9.83. The topological polar surface area (TPSA) is 49.3 Å². The second-order valence-corrected chi connectivity index (χ2v) is 4.67. The number of carboxylic acid groups (broad SMARTS) is 1. The maximum atomic E-state index is 10.5. The fourth-order valence-corrected chi connectivity index (χ4v) is 2.04. The van der Waals surface area contributed by atoms with Crippen LogP contribution in [-0.2, 0) is 4.79 Å². The number of nitrogens with one attached hydrogen (secondary N) is 1. The Kier molecular flexibility index (Phi) is 4.82. The number of carbonyl (C=O) groups is 1. The molecule has 1 aliphatic rings. The molecule has 3 nitrogen and oxygen atoms in total. The van der Waals surface area contributed by atoms with Crippen LogP contribution in [0.4, 0.5) is 0 Å². The molecule has 0 aromatic rings. The van der Waals surface area contributed by atoms with Gasteiger partial charge in [0.25, 0.3) is 0 Å². The van der Waals surface area contributed by atoms with E-state index in [1.165, 1.54) is 25.7 Å². The van der Waals surface area contributed by atoms with Crippen LogP contribution in [0.25, 0.3) is 0 Å². The van der Waals surface area contributed by atoms with E-state index >= 15 is 0 Å². The Bertz CT molecular complexity index is 230. The third kappa shape index (κ3) is 4.47. The van der Waals surface area contributed by atoms with Gasteiger partial charge in [-0.1, -0.05) is 26.3 Å². The molecule has 15 heavy (non-hydrogen) atoms. The lowest BCUT2D eigenvalue weighted by Crippen LogP contribution is -2.28. The third-order valence-corrected chi connectivity index (χ3v) is 3.21. The monoisotopic (exact) mass is 211 g/mol. The summed E-state index contributed by atoms with van der Waals surface area (Å²) in [5.74, 6) is 0.692. The first-order valence-electron chi connectivity index (χ1n) is 5.71. The van der Waals surface area contributed by atoms with E-state index in [2.05, 4.69) is 18.8 Å². The fourth-order valence-electron chi connectivity index (χ4n) is 2.04. The van der Waals surface area contributed by atoms with E-state index in [-0.39, 0.29) is 5.57 Å². The van der Waals surface area contributed by atoms with Gasteiger partial charge in [-0.05, 0) is 31.2 Å². The van der Waals surface area contributed by atoms with E-state index in [1.54, 1.807) is 0 Å². The number of hydrogen-bond donors (Lipinski definition) is 2. The summed E-state index contributed by atoms with van der Waals surface area (Å²) >= 11 is 0. The van der Waals surface area contributed by atoms with Crippen molar-refractivity contribution in [2.75, 3.05) is 13.1 Å². The second kappa shape index (κ2) is 5.91. The lowest BCUT2D eigenvalue weighted by Gasteiger charge is -2.26. The maximum absolute atomic E-state index is 10.5. The molecule has 0 aromatic heterocycles. The molecule has 0 aliphatic heterocycles. The van der Waals surface area contributed by atoms with Gasteiger partial charge in [-0.2, -0.15) is 0 Å². The van der Waals surface area contributed by atoms with Gasteiger partial charge in [-0.15, -0.1) is 0 Å². The largest absolute Gasteiger partial charge is 0.478 e. The summed E-state index contributed by atoms with van der Waals surface area (Å²) in [7, 11) is 0. The van der Waals surface area contributed by atoms with Crippen molar-refractivity contribution in [3.63, 3.8) is 0 Å². The van der Waals surface area contributed by atoms with Crippen molar-refractivity contribution < 1.29 is 9.90 Å². The molecule has 1 aliphatic carbocycles. The van der Waals surface area contributed by atoms with Crippen LogP contribution in [0.5, 0.6) is 0 Å². The zero-order valence-corrected chi connectivity index (χ0v) is 9.46. The zero-order valence-electron chi connectivity index (χ0n) is 9.46. The first kappa shape index (κ1) is 12.2. The van der Waals surface area contributed by atoms with E-state index in [4.69, 9.17) is 5.11 Å². The fraction of sp³-hybridized carbons (Fsp3) is 0.750. The maximum Gasteiger partial charge on any atom is 0.332 e. The van der Waals surface area contributed by atoms with E-state index in [1.807, 2.05) is 0 Å². The molecule has 1 fully saturated rings. The van der Waals surface area contributed by atoms with Gasteiger partial charge in [0.1, 0.15) is 0 Å². The summed E-state index contributed by atoms with van der Waals surface area (Å²) in [6.07, 6.45) is 5.17. The average Bonchev–Trinajstić information content (AvgIpc) is 2.20. The predicted octanol–water partition coefficient (Wildman–Crippen LogP) is 2.04. The minimum Gasteiger partial charge on any atom is -0.478 e. The van der Waals surface area contributed by atoms with Crippen LogP contribution >= 0.6 is 0 Å². The molecule has 1 saturated carbocycles. The van der Waals surface area contributed by atoms with Gasteiger partial charge < -0.3 is 10.4 Å². The summed E-state index contributed by atoms with van der Waals surface area (Å²) in [6, 6.07) is 0. The normalized spacial score (nSPS) is 26.2. The minimum atomic E-state index is -0.903. The van der Waals surface area contributed by atoms with Crippen LogP contribution in [0.15, 0.2) is 12.2 Å². The Morgan fingerprint density at radius 3 is 2.53 bits per heavy atom. The molecule has 2 N–H and O–H groups in total. The average molecular weight is 211 g/mol. The van der Waals surface area contributed by atoms with Gasteiger partial charge >= 0.3 is 5.97 Å². The van der Waals surface area contributed by atoms with E-state index in [0.717, 1.165) is 18.4 Å². The number of aliphatic carboxylic acids is 1. The standard InChI is InChI=1S/C12H21NO2/c1-9-3-5-11(6-4-9)8-13-7-10(2)12(14)15/h9,11,13H,2-8H2,1H3,(H,14,15). The van der Waals surface area contributed by atoms with Crippen LogP contribution in [0.2, 0.25) is 0 Å². The SMILES string of the molecule is C=C(CNCC1CCC(C)CC1)C(=O)O. The van der Waals surface area contributed by atoms with Crippen molar-refractivity contribution in [3.05, 3.63) is 12.2 Å². The van der Waals surface area contributed by atoms with Crippen molar-refractivity contribution in [1.29, 1.82) is 0 Å². The van der Waals surface area contributed by atoms with Gasteiger partial charge in [-0.25, -0.2) is 4.79 Å². The molecule has 0 atom stereocenters. The van der Waals surface area contributed by atoms with Crippen molar-refractivity contribution in [2.45, 2.75) is 32.6 Å². The molecule has 0 bridgehead atoms. The molecule has 86 valence electrons. The molecule has 0 unspecified atom stereocenters. The van der Waals surface area contributed by atoms with E-state index in [9.17, 15) is 4.79 Å². The highest BCUT2D eigenvalue weighted by atomic mass is 16.4. The van der Waals surface area contributed by atoms with Crippen molar-refractivity contribution in [1.82, 2.24) is 5.32 Å². The summed E-state index contributed by atoms with van der Waals surface area (Å²) in [6.45, 7) is 7.12. The minimum absolute atomic E-state index is 0.249. The molecule has 0 saturated heterocycles. The molecule has 0 aromatic carbocycles. The van der Waals surface area contributed by atoms with Gasteiger partial charge in [0.15, 0.2) is 0 Å². The highest BCUT2D eigenvalue weighted by Crippen LogP contribution is 2.27. The molecule has 1 rings (SSSR count). The van der Waals surface area contributed by atoms with Gasteiger partial charge in [0.05, 0.1) is 0 Å². The quantitative estimate of drug-likeness (QED) is 0.684. The molecule has 0 heterocycles. The summed E-state index contributed by atoms with van der Waals surface area (Å²) in [4.78, 5) is 10.5. The Hall–Kier alpha value is -0.830. The first-order chi connectivity index (χ1) is 7.09. The lowest BCUT2D eigenvalue weighted by molar-refractivity contribution is -0.132. The summed E-state index contributed by atoms with van der Waals surface area (Å²) in [5.41, 5.74) is 0.249. The predicted molar refractivity (Wildman–Crippen MR) is 60.8 cm³/mol. The molecule has 0 spiro atoms. The zero-order chi connectivity index (χ0) is 11.3. The van der Waals surface area contributed by atoms with Crippen molar-refractivity contribution >= 4 is 5.97 Å². The van der Waals surface area contributed by atoms with Gasteiger partial charge in [0, 0.05) is 12.1 Å². The van der Waals surface area contributed by atoms with Crippen LogP contribution in [-0.4, -0.2) is 24.2 Å². The highest BCUT2D eigenvalue weighted by Gasteiger charge is 2.17. The summed E-state index contributed by atoms with van der Waals surface area (Å²) in [5, 5.41) is 11.8. The summed E-state index contributed by atoms with van der Waals surface area (Å²) < 4.78 is 0.